The molecule has 3 aromatic heterocycles. The molecule has 0 aliphatic carbocycles. The Morgan fingerprint density at radius 1 is 1.00 bits per heavy atom. The number of halogens is 2. The van der Waals surface area contributed by atoms with Gasteiger partial charge in [-0.15, -0.1) is 0 Å². The van der Waals surface area contributed by atoms with Crippen molar-refractivity contribution in [2.24, 2.45) is 5.92 Å². The summed E-state index contributed by atoms with van der Waals surface area (Å²) in [7, 11) is 0. The fraction of sp³-hybridized carbons (Fsp3) is 0.268. The Labute approximate surface area is 317 Å². The number of aromatic nitrogens is 4. The lowest BCUT2D eigenvalue weighted by molar-refractivity contribution is 0.102. The van der Waals surface area contributed by atoms with Gasteiger partial charge in [0.25, 0.3) is 5.91 Å². The Bertz CT molecular complexity index is 2290. The number of phenolic OH excluding ortho intramolecular Hbond substituents is 1. The zero-order chi connectivity index (χ0) is 37.8. The highest BCUT2D eigenvalue weighted by molar-refractivity contribution is 7.80. The fourth-order valence-electron chi connectivity index (χ4n) is 6.99. The first-order valence-corrected chi connectivity index (χ1v) is 18.7. The van der Waals surface area contributed by atoms with Crippen LogP contribution in [-0.2, 0) is 6.42 Å². The number of piperidine rings is 1. The van der Waals surface area contributed by atoms with E-state index >= 15 is 0 Å². The van der Waals surface area contributed by atoms with Gasteiger partial charge in [-0.05, 0) is 104 Å². The summed E-state index contributed by atoms with van der Waals surface area (Å²) in [6.45, 7) is 6.58. The number of para-hydroxylation sites is 1. The van der Waals surface area contributed by atoms with Crippen molar-refractivity contribution in [3.05, 3.63) is 108 Å². The van der Waals surface area contributed by atoms with Crippen molar-refractivity contribution in [2.75, 3.05) is 41.0 Å². The summed E-state index contributed by atoms with van der Waals surface area (Å²) in [5.74, 6) is -0.469. The van der Waals surface area contributed by atoms with Gasteiger partial charge in [-0.3, -0.25) is 9.20 Å². The number of hydrogen-bond acceptors (Lipinski definition) is 9. The number of nitrogens with one attached hydrogen (secondary N) is 2. The maximum atomic E-state index is 14.4. The van der Waals surface area contributed by atoms with Gasteiger partial charge in [0, 0.05) is 42.8 Å². The smallest absolute Gasteiger partial charge is 0.259 e. The molecule has 0 radical (unpaired) electrons. The SMILES string of the molecule is CCOc1cc(N2CCC(CCS)CC2)c(CC)cc1Nc1nccc(-c2c(-c3ccc(O)c(C(=O)Nc4c(F)cccc4F)c3)nc3ccccn23)n1. The van der Waals surface area contributed by atoms with Gasteiger partial charge < -0.3 is 25.4 Å². The number of pyridine rings is 1. The number of rotatable bonds is 12. The third kappa shape index (κ3) is 7.54. The molecule has 0 atom stereocenters. The van der Waals surface area contributed by atoms with Crippen LogP contribution in [0.5, 0.6) is 11.5 Å². The highest BCUT2D eigenvalue weighted by atomic mass is 32.1. The van der Waals surface area contributed by atoms with E-state index in [-0.39, 0.29) is 11.3 Å². The largest absolute Gasteiger partial charge is 0.507 e. The maximum absolute atomic E-state index is 14.4. The first-order chi connectivity index (χ1) is 26.3. The number of carbonyl (C=O) groups is 1. The Hall–Kier alpha value is -5.69. The molecule has 0 unspecified atom stereocenters. The van der Waals surface area contributed by atoms with E-state index in [4.69, 9.17) is 14.7 Å². The second-order valence-electron chi connectivity index (χ2n) is 13.1. The number of amides is 1. The molecule has 0 saturated carbocycles. The quantitative estimate of drug-likeness (QED) is 0.0917. The Morgan fingerprint density at radius 3 is 2.54 bits per heavy atom. The standard InChI is InChI=1S/C41H41F2N7O3S/c1-3-26-23-32(35(53-4-2)24-33(26)49-19-14-25(15-20-49)16-21-54)46-41-44-17-13-31(45-41)39-37(47-36-10-5-6-18-50(36)39)27-11-12-34(51)28(22-27)40(52)48-38-29(42)8-7-9-30(38)43/h5-13,17-18,22-25,51,54H,3-4,14-16,19-21H2,1-2H3,(H,48,52)(H,44,45,46). The van der Waals surface area contributed by atoms with Gasteiger partial charge in [-0.2, -0.15) is 12.6 Å². The van der Waals surface area contributed by atoms with Crippen LogP contribution in [0.1, 0.15) is 49.0 Å². The number of thiol groups is 1. The minimum atomic E-state index is -0.940. The monoisotopic (exact) mass is 749 g/mol. The summed E-state index contributed by atoms with van der Waals surface area (Å²) >= 11 is 4.44. The molecule has 3 aromatic carbocycles. The highest BCUT2D eigenvalue weighted by Crippen LogP contribution is 2.39. The first-order valence-electron chi connectivity index (χ1n) is 18.1. The fourth-order valence-corrected chi connectivity index (χ4v) is 7.35. The van der Waals surface area contributed by atoms with E-state index in [0.717, 1.165) is 62.3 Å². The molecule has 54 heavy (non-hydrogen) atoms. The molecule has 13 heteroatoms. The molecule has 1 fully saturated rings. The zero-order valence-electron chi connectivity index (χ0n) is 30.0. The summed E-state index contributed by atoms with van der Waals surface area (Å²) in [4.78, 5) is 30.1. The average Bonchev–Trinajstić information content (AvgIpc) is 3.57. The lowest BCUT2D eigenvalue weighted by atomic mass is 9.93. The number of hydrogen-bond donors (Lipinski definition) is 4. The lowest BCUT2D eigenvalue weighted by Crippen LogP contribution is -2.34. The molecule has 1 aliphatic rings. The molecular formula is C41H41F2N7O3S. The predicted octanol–water partition coefficient (Wildman–Crippen LogP) is 8.94. The highest BCUT2D eigenvalue weighted by Gasteiger charge is 2.24. The lowest BCUT2D eigenvalue weighted by Gasteiger charge is -2.35. The topological polar surface area (TPSA) is 117 Å². The molecule has 0 spiro atoms. The van der Waals surface area contributed by atoms with Gasteiger partial charge >= 0.3 is 0 Å². The Morgan fingerprint density at radius 2 is 1.80 bits per heavy atom. The molecule has 7 rings (SSSR count). The molecular weight excluding hydrogens is 709 g/mol. The van der Waals surface area contributed by atoms with Gasteiger partial charge in [-0.1, -0.05) is 19.1 Å². The molecule has 278 valence electrons. The van der Waals surface area contributed by atoms with Crippen LogP contribution in [0.15, 0.2) is 85.2 Å². The van der Waals surface area contributed by atoms with Gasteiger partial charge in [0.2, 0.25) is 5.95 Å². The van der Waals surface area contributed by atoms with Crippen molar-refractivity contribution < 1.29 is 23.4 Å². The molecule has 10 nitrogen and oxygen atoms in total. The number of ether oxygens (including phenoxy) is 1. The second kappa shape index (κ2) is 16.1. The number of benzene rings is 3. The molecule has 3 N–H and O–H groups in total. The van der Waals surface area contributed by atoms with Crippen molar-refractivity contribution in [2.45, 2.75) is 39.5 Å². The summed E-state index contributed by atoms with van der Waals surface area (Å²) in [5, 5.41) is 16.3. The predicted molar refractivity (Wildman–Crippen MR) is 211 cm³/mol. The summed E-state index contributed by atoms with van der Waals surface area (Å²) < 4.78 is 36.8. The van der Waals surface area contributed by atoms with Crippen LogP contribution < -0.4 is 20.3 Å². The van der Waals surface area contributed by atoms with Crippen molar-refractivity contribution >= 4 is 47.2 Å². The number of anilines is 4. The van der Waals surface area contributed by atoms with E-state index in [9.17, 15) is 18.7 Å². The normalized spacial score (nSPS) is 13.3. The van der Waals surface area contributed by atoms with Crippen LogP contribution in [0.25, 0.3) is 28.3 Å². The van der Waals surface area contributed by atoms with E-state index in [1.54, 1.807) is 18.3 Å². The molecule has 0 bridgehead atoms. The van der Waals surface area contributed by atoms with Crippen LogP contribution in [0.2, 0.25) is 0 Å². The van der Waals surface area contributed by atoms with Crippen molar-refractivity contribution in [1.29, 1.82) is 0 Å². The molecule has 1 aliphatic heterocycles. The number of imidazole rings is 1. The third-order valence-corrected chi connectivity index (χ3v) is 10.0. The number of phenols is 1. The average molecular weight is 750 g/mol. The minimum absolute atomic E-state index is 0.191. The number of aromatic hydroxyl groups is 1. The molecule has 1 saturated heterocycles. The summed E-state index contributed by atoms with van der Waals surface area (Å²) in [6, 6.07) is 19.2. The van der Waals surface area contributed by atoms with E-state index in [2.05, 4.69) is 52.2 Å². The molecule has 1 amide bonds. The Kier molecular flexibility index (Phi) is 11.0. The van der Waals surface area contributed by atoms with Gasteiger partial charge in [-0.25, -0.2) is 23.7 Å². The number of aryl methyl sites for hydroxylation is 1. The van der Waals surface area contributed by atoms with Crippen LogP contribution in [0, 0.1) is 17.6 Å². The molecule has 6 aromatic rings. The van der Waals surface area contributed by atoms with Gasteiger partial charge in [0.15, 0.2) is 0 Å². The van der Waals surface area contributed by atoms with Crippen molar-refractivity contribution in [3.63, 3.8) is 0 Å². The number of carbonyl (C=O) groups excluding carboxylic acids is 1. The number of fused-ring (bicyclic) bond motifs is 1. The summed E-state index contributed by atoms with van der Waals surface area (Å²) in [5.41, 5.74) is 4.99. The van der Waals surface area contributed by atoms with E-state index < -0.39 is 23.2 Å². The van der Waals surface area contributed by atoms with Crippen LogP contribution in [-0.4, -0.2) is 55.8 Å². The second-order valence-corrected chi connectivity index (χ2v) is 13.6. The third-order valence-electron chi connectivity index (χ3n) is 9.74. The minimum Gasteiger partial charge on any atom is -0.507 e. The van der Waals surface area contributed by atoms with Crippen LogP contribution in [0.3, 0.4) is 0 Å². The maximum Gasteiger partial charge on any atom is 0.259 e. The molecule has 4 heterocycles. The van der Waals surface area contributed by atoms with E-state index in [1.807, 2.05) is 35.7 Å². The summed E-state index contributed by atoms with van der Waals surface area (Å²) in [6.07, 6.45) is 7.78. The number of nitrogens with zero attached hydrogens (tertiary/aromatic N) is 5. The zero-order valence-corrected chi connectivity index (χ0v) is 30.9. The van der Waals surface area contributed by atoms with Crippen LogP contribution >= 0.6 is 12.6 Å². The Balaban J connectivity index is 1.23. The van der Waals surface area contributed by atoms with Crippen LogP contribution in [0.4, 0.5) is 31.8 Å². The van der Waals surface area contributed by atoms with Gasteiger partial charge in [0.1, 0.15) is 34.5 Å². The first kappa shape index (κ1) is 36.7. The van der Waals surface area contributed by atoms with E-state index in [0.29, 0.717) is 52.5 Å². The van der Waals surface area contributed by atoms with Crippen molar-refractivity contribution in [1.82, 2.24) is 19.4 Å². The van der Waals surface area contributed by atoms with E-state index in [1.165, 1.54) is 29.4 Å². The van der Waals surface area contributed by atoms with Crippen molar-refractivity contribution in [3.8, 4) is 34.1 Å². The van der Waals surface area contributed by atoms with Gasteiger partial charge in [0.05, 0.1) is 34.9 Å².